The predicted molar refractivity (Wildman–Crippen MR) is 92.9 cm³/mol. The molecular weight excluding hydrogens is 328 g/mol. The topological polar surface area (TPSA) is 96.1 Å². The van der Waals surface area contributed by atoms with Crippen LogP contribution in [0, 0.1) is 0 Å². The maximum absolute atomic E-state index is 12.3. The number of amidine groups is 1. The average molecular weight is 342 g/mol. The molecule has 2 amide bonds. The lowest BCUT2D eigenvalue weighted by atomic mass is 10.2. The van der Waals surface area contributed by atoms with Gasteiger partial charge in [0, 0.05) is 12.1 Å². The number of thioether (sulfide) groups is 1. The summed E-state index contributed by atoms with van der Waals surface area (Å²) >= 11 is 1.16. The Kier molecular flexibility index (Phi) is 5.07. The van der Waals surface area contributed by atoms with Crippen molar-refractivity contribution in [3.63, 3.8) is 0 Å². The van der Waals surface area contributed by atoms with Crippen LogP contribution >= 0.6 is 11.8 Å². The summed E-state index contributed by atoms with van der Waals surface area (Å²) in [6, 6.07) is 12.5. The van der Waals surface area contributed by atoms with Crippen molar-refractivity contribution in [2.24, 2.45) is 10.2 Å². The monoisotopic (exact) mass is 342 g/mol. The van der Waals surface area contributed by atoms with Gasteiger partial charge in [-0.05, 0) is 24.3 Å². The molecule has 1 fully saturated rings. The Balaban J connectivity index is 1.64. The highest BCUT2D eigenvalue weighted by Crippen LogP contribution is 2.22. The fraction of sp³-hybridized carbons (Fsp3) is 0.125. The Morgan fingerprint density at radius 1 is 1.29 bits per heavy atom. The minimum absolute atomic E-state index is 0.0876. The van der Waals surface area contributed by atoms with Crippen molar-refractivity contribution in [1.82, 2.24) is 5.32 Å². The second-order valence-electron chi connectivity index (χ2n) is 4.88. The predicted octanol–water partition coefficient (Wildman–Crippen LogP) is 2.23. The SMILES string of the molecule is O=C1C[C@@H](C(=O)Nc2ccccc2)SC(=NN=Cc2ccco2)N1. The van der Waals surface area contributed by atoms with Gasteiger partial charge in [0.05, 0.1) is 12.5 Å². The molecule has 1 aliphatic rings. The lowest BCUT2D eigenvalue weighted by molar-refractivity contribution is -0.123. The number of nitrogens with one attached hydrogen (secondary N) is 2. The third kappa shape index (κ3) is 4.32. The molecule has 0 spiro atoms. The normalized spacial score (nSPS) is 19.4. The van der Waals surface area contributed by atoms with E-state index in [1.165, 1.54) is 12.5 Å². The van der Waals surface area contributed by atoms with E-state index in [9.17, 15) is 9.59 Å². The van der Waals surface area contributed by atoms with Crippen LogP contribution in [0.3, 0.4) is 0 Å². The fourth-order valence-corrected chi connectivity index (χ4v) is 2.92. The summed E-state index contributed by atoms with van der Waals surface area (Å²) in [5.74, 6) is 0.0301. The summed E-state index contributed by atoms with van der Waals surface area (Å²) in [5.41, 5.74) is 0.684. The number of anilines is 1. The fourth-order valence-electron chi connectivity index (χ4n) is 1.99. The Bertz CT molecular complexity index is 772. The molecule has 0 unspecified atom stereocenters. The number of benzene rings is 1. The van der Waals surface area contributed by atoms with Crippen molar-refractivity contribution in [3.8, 4) is 0 Å². The number of rotatable bonds is 4. The summed E-state index contributed by atoms with van der Waals surface area (Å²) in [4.78, 5) is 24.1. The van der Waals surface area contributed by atoms with Gasteiger partial charge >= 0.3 is 0 Å². The van der Waals surface area contributed by atoms with Crippen LogP contribution in [0.25, 0.3) is 0 Å². The van der Waals surface area contributed by atoms with Crippen LogP contribution < -0.4 is 10.6 Å². The van der Waals surface area contributed by atoms with Gasteiger partial charge in [-0.1, -0.05) is 30.0 Å². The van der Waals surface area contributed by atoms with E-state index in [2.05, 4.69) is 20.8 Å². The zero-order valence-electron chi connectivity index (χ0n) is 12.5. The molecular formula is C16H14N4O3S. The molecule has 0 radical (unpaired) electrons. The standard InChI is InChI=1S/C16H14N4O3S/c21-14-9-13(15(22)18-11-5-2-1-3-6-11)24-16(19-14)20-17-10-12-7-4-8-23-12/h1-8,10,13H,9H2,(H,18,22)(H,19,20,21)/t13-/m0/s1. The summed E-state index contributed by atoms with van der Waals surface area (Å²) in [7, 11) is 0. The Labute approximate surface area is 142 Å². The Morgan fingerprint density at radius 2 is 2.12 bits per heavy atom. The molecule has 0 saturated carbocycles. The largest absolute Gasteiger partial charge is 0.463 e. The smallest absolute Gasteiger partial charge is 0.238 e. The minimum Gasteiger partial charge on any atom is -0.463 e. The molecule has 0 aliphatic carbocycles. The van der Waals surface area contributed by atoms with Crippen molar-refractivity contribution < 1.29 is 14.0 Å². The number of nitrogens with zero attached hydrogens (tertiary/aromatic N) is 2. The maximum Gasteiger partial charge on any atom is 0.238 e. The van der Waals surface area contributed by atoms with Gasteiger partial charge in [-0.2, -0.15) is 5.10 Å². The number of para-hydroxylation sites is 1. The first kappa shape index (κ1) is 16.0. The highest BCUT2D eigenvalue weighted by atomic mass is 32.2. The number of amides is 2. The lowest BCUT2D eigenvalue weighted by Crippen LogP contribution is -2.41. The Hall–Kier alpha value is -2.87. The van der Waals surface area contributed by atoms with Gasteiger partial charge in [0.1, 0.15) is 11.0 Å². The van der Waals surface area contributed by atoms with Gasteiger partial charge in [0.2, 0.25) is 11.8 Å². The number of carbonyl (C=O) groups excluding carboxylic acids is 2. The zero-order chi connectivity index (χ0) is 16.8. The second-order valence-corrected chi connectivity index (χ2v) is 6.07. The van der Waals surface area contributed by atoms with Gasteiger partial charge in [-0.3, -0.25) is 9.59 Å². The van der Waals surface area contributed by atoms with E-state index in [0.29, 0.717) is 11.4 Å². The summed E-state index contributed by atoms with van der Waals surface area (Å²) in [6.45, 7) is 0. The van der Waals surface area contributed by atoms with Crippen LogP contribution in [0.2, 0.25) is 0 Å². The van der Waals surface area contributed by atoms with Gasteiger partial charge in [-0.25, -0.2) is 0 Å². The molecule has 8 heteroatoms. The number of hydrogen-bond donors (Lipinski definition) is 2. The van der Waals surface area contributed by atoms with Gasteiger partial charge in [-0.15, -0.1) is 5.10 Å². The van der Waals surface area contributed by atoms with Crippen molar-refractivity contribution >= 4 is 40.6 Å². The third-order valence-electron chi connectivity index (χ3n) is 3.08. The molecule has 1 saturated heterocycles. The molecule has 7 nitrogen and oxygen atoms in total. The molecule has 3 rings (SSSR count). The van der Waals surface area contributed by atoms with Crippen molar-refractivity contribution in [2.45, 2.75) is 11.7 Å². The highest BCUT2D eigenvalue weighted by Gasteiger charge is 2.30. The number of furan rings is 1. The summed E-state index contributed by atoms with van der Waals surface area (Å²) in [5, 5.41) is 12.9. The van der Waals surface area contributed by atoms with E-state index in [4.69, 9.17) is 4.42 Å². The van der Waals surface area contributed by atoms with Gasteiger partial charge < -0.3 is 15.1 Å². The van der Waals surface area contributed by atoms with E-state index in [1.807, 2.05) is 18.2 Å². The first-order valence-electron chi connectivity index (χ1n) is 7.17. The van der Waals surface area contributed by atoms with Crippen LogP contribution in [0.1, 0.15) is 12.2 Å². The molecule has 1 aromatic carbocycles. The van der Waals surface area contributed by atoms with Crippen molar-refractivity contribution in [2.75, 3.05) is 5.32 Å². The number of carbonyl (C=O) groups is 2. The quantitative estimate of drug-likeness (QED) is 0.658. The molecule has 122 valence electrons. The van der Waals surface area contributed by atoms with E-state index in [-0.39, 0.29) is 23.4 Å². The molecule has 24 heavy (non-hydrogen) atoms. The second kappa shape index (κ2) is 7.60. The summed E-state index contributed by atoms with van der Waals surface area (Å²) in [6.07, 6.45) is 3.03. The minimum atomic E-state index is -0.559. The van der Waals surface area contributed by atoms with Gasteiger partial charge in [0.15, 0.2) is 5.17 Å². The molecule has 2 N–H and O–H groups in total. The van der Waals surface area contributed by atoms with Crippen molar-refractivity contribution in [1.29, 1.82) is 0 Å². The molecule has 1 aromatic heterocycles. The lowest BCUT2D eigenvalue weighted by Gasteiger charge is -2.21. The average Bonchev–Trinajstić information content (AvgIpc) is 3.09. The number of hydrogen-bond acceptors (Lipinski definition) is 6. The van der Waals surface area contributed by atoms with Gasteiger partial charge in [0.25, 0.3) is 0 Å². The first-order chi connectivity index (χ1) is 11.7. The molecule has 1 atom stereocenters. The van der Waals surface area contributed by atoms with Crippen LogP contribution in [0.5, 0.6) is 0 Å². The first-order valence-corrected chi connectivity index (χ1v) is 8.05. The van der Waals surface area contributed by atoms with Crippen LogP contribution in [0.4, 0.5) is 5.69 Å². The molecule has 0 bridgehead atoms. The zero-order valence-corrected chi connectivity index (χ0v) is 13.3. The van der Waals surface area contributed by atoms with Crippen LogP contribution in [-0.4, -0.2) is 28.4 Å². The van der Waals surface area contributed by atoms with Crippen molar-refractivity contribution in [3.05, 3.63) is 54.5 Å². The highest BCUT2D eigenvalue weighted by molar-refractivity contribution is 8.15. The van der Waals surface area contributed by atoms with Crippen LogP contribution in [-0.2, 0) is 9.59 Å². The molecule has 1 aliphatic heterocycles. The Morgan fingerprint density at radius 3 is 2.88 bits per heavy atom. The molecule has 2 aromatic rings. The molecule has 2 heterocycles. The summed E-state index contributed by atoms with van der Waals surface area (Å²) < 4.78 is 5.09. The third-order valence-corrected chi connectivity index (χ3v) is 4.15. The van der Waals surface area contributed by atoms with E-state index in [1.54, 1.807) is 24.3 Å². The van der Waals surface area contributed by atoms with E-state index >= 15 is 0 Å². The van der Waals surface area contributed by atoms with E-state index in [0.717, 1.165) is 11.8 Å². The van der Waals surface area contributed by atoms with E-state index < -0.39 is 5.25 Å². The van der Waals surface area contributed by atoms with Crippen LogP contribution in [0.15, 0.2) is 63.3 Å². The maximum atomic E-state index is 12.3.